The van der Waals surface area contributed by atoms with Gasteiger partial charge < -0.3 is 10.2 Å². The van der Waals surface area contributed by atoms with E-state index in [1.807, 2.05) is 45.9 Å². The molecule has 104 valence electrons. The molecule has 4 heteroatoms. The van der Waals surface area contributed by atoms with Gasteiger partial charge in [0.25, 0.3) is 0 Å². The molecule has 4 nitrogen and oxygen atoms in total. The van der Waals surface area contributed by atoms with E-state index in [1.54, 1.807) is 4.90 Å². The molecular formula is C15H22N2O2. The largest absolute Gasteiger partial charge is 0.343 e. The van der Waals surface area contributed by atoms with Crippen molar-refractivity contribution in [2.75, 3.05) is 18.4 Å². The minimum atomic E-state index is -0.259. The summed E-state index contributed by atoms with van der Waals surface area (Å²) >= 11 is 0. The molecule has 0 saturated heterocycles. The van der Waals surface area contributed by atoms with Crippen molar-refractivity contribution in [3.63, 3.8) is 0 Å². The van der Waals surface area contributed by atoms with Crippen LogP contribution in [0, 0.1) is 13.8 Å². The highest BCUT2D eigenvalue weighted by molar-refractivity contribution is 6.03. The lowest BCUT2D eigenvalue weighted by Gasteiger charge is -2.18. The van der Waals surface area contributed by atoms with E-state index in [1.165, 1.54) is 0 Å². The molecule has 0 aliphatic carbocycles. The smallest absolute Gasteiger partial charge is 0.233 e. The van der Waals surface area contributed by atoms with E-state index in [4.69, 9.17) is 0 Å². The van der Waals surface area contributed by atoms with Crippen LogP contribution in [-0.2, 0) is 9.59 Å². The predicted octanol–water partition coefficient (Wildman–Crippen LogP) is 2.50. The van der Waals surface area contributed by atoms with Gasteiger partial charge in [0.1, 0.15) is 6.42 Å². The van der Waals surface area contributed by atoms with Crippen molar-refractivity contribution >= 4 is 17.5 Å². The van der Waals surface area contributed by atoms with Crippen LogP contribution in [0.15, 0.2) is 18.2 Å². The molecule has 0 aromatic heterocycles. The summed E-state index contributed by atoms with van der Waals surface area (Å²) in [6.45, 7) is 8.98. The van der Waals surface area contributed by atoms with Crippen molar-refractivity contribution in [1.29, 1.82) is 0 Å². The molecule has 0 bridgehead atoms. The number of carbonyl (C=O) groups is 2. The first-order valence-corrected chi connectivity index (χ1v) is 6.62. The van der Waals surface area contributed by atoms with E-state index in [2.05, 4.69) is 5.32 Å². The Morgan fingerprint density at radius 2 is 1.79 bits per heavy atom. The zero-order valence-corrected chi connectivity index (χ0v) is 12.1. The SMILES string of the molecule is CCN(CC)C(=O)CC(=O)Nc1cc(C)ccc1C. The molecule has 0 aliphatic rings. The lowest BCUT2D eigenvalue weighted by molar-refractivity contribution is -0.134. The third-order valence-electron chi connectivity index (χ3n) is 3.10. The third-order valence-corrected chi connectivity index (χ3v) is 3.10. The van der Waals surface area contributed by atoms with Gasteiger partial charge in [-0.2, -0.15) is 0 Å². The normalized spacial score (nSPS) is 10.1. The number of hydrogen-bond acceptors (Lipinski definition) is 2. The summed E-state index contributed by atoms with van der Waals surface area (Å²) in [6.07, 6.45) is -0.102. The molecule has 0 aliphatic heterocycles. The quantitative estimate of drug-likeness (QED) is 0.829. The minimum Gasteiger partial charge on any atom is -0.343 e. The number of amides is 2. The summed E-state index contributed by atoms with van der Waals surface area (Å²) in [7, 11) is 0. The Hall–Kier alpha value is -1.84. The van der Waals surface area contributed by atoms with Crippen LogP contribution in [0.2, 0.25) is 0 Å². The minimum absolute atomic E-state index is 0.102. The van der Waals surface area contributed by atoms with Crippen LogP contribution < -0.4 is 5.32 Å². The molecule has 0 fully saturated rings. The van der Waals surface area contributed by atoms with Crippen LogP contribution in [0.3, 0.4) is 0 Å². The molecule has 1 N–H and O–H groups in total. The first-order chi connectivity index (χ1) is 8.97. The van der Waals surface area contributed by atoms with Gasteiger partial charge in [-0.15, -0.1) is 0 Å². The lowest BCUT2D eigenvalue weighted by atomic mass is 10.1. The third kappa shape index (κ3) is 4.39. The average Bonchev–Trinajstić information content (AvgIpc) is 2.35. The van der Waals surface area contributed by atoms with E-state index in [9.17, 15) is 9.59 Å². The van der Waals surface area contributed by atoms with E-state index in [0.717, 1.165) is 16.8 Å². The molecule has 2 amide bonds. The second-order valence-corrected chi connectivity index (χ2v) is 4.61. The Balaban J connectivity index is 2.65. The summed E-state index contributed by atoms with van der Waals surface area (Å²) < 4.78 is 0. The van der Waals surface area contributed by atoms with Crippen LogP contribution in [0.4, 0.5) is 5.69 Å². The van der Waals surface area contributed by atoms with Gasteiger partial charge in [0.2, 0.25) is 11.8 Å². The predicted molar refractivity (Wildman–Crippen MR) is 77.1 cm³/mol. The van der Waals surface area contributed by atoms with Crippen molar-refractivity contribution in [3.8, 4) is 0 Å². The molecule has 1 aromatic carbocycles. The second-order valence-electron chi connectivity index (χ2n) is 4.61. The maximum Gasteiger partial charge on any atom is 0.233 e. The van der Waals surface area contributed by atoms with Crippen molar-refractivity contribution in [1.82, 2.24) is 4.90 Å². The fourth-order valence-electron chi connectivity index (χ4n) is 1.89. The highest BCUT2D eigenvalue weighted by Crippen LogP contribution is 2.16. The van der Waals surface area contributed by atoms with E-state index in [-0.39, 0.29) is 18.2 Å². The molecule has 0 unspecified atom stereocenters. The maximum atomic E-state index is 11.9. The molecule has 1 aromatic rings. The molecule has 0 atom stereocenters. The number of nitrogens with zero attached hydrogens (tertiary/aromatic N) is 1. The zero-order chi connectivity index (χ0) is 14.4. The molecule has 0 saturated carbocycles. The van der Waals surface area contributed by atoms with Gasteiger partial charge in [0.05, 0.1) is 0 Å². The Kier molecular flexibility index (Phi) is 5.55. The first-order valence-electron chi connectivity index (χ1n) is 6.62. The fourth-order valence-corrected chi connectivity index (χ4v) is 1.89. The van der Waals surface area contributed by atoms with E-state index < -0.39 is 0 Å². The van der Waals surface area contributed by atoms with Crippen LogP contribution in [0.25, 0.3) is 0 Å². The van der Waals surface area contributed by atoms with Crippen LogP contribution in [0.5, 0.6) is 0 Å². The zero-order valence-electron chi connectivity index (χ0n) is 12.1. The van der Waals surface area contributed by atoms with Gasteiger partial charge in [-0.05, 0) is 44.9 Å². The number of benzene rings is 1. The Morgan fingerprint density at radius 1 is 1.16 bits per heavy atom. The molecule has 0 spiro atoms. The van der Waals surface area contributed by atoms with Crippen molar-refractivity contribution < 1.29 is 9.59 Å². The van der Waals surface area contributed by atoms with Gasteiger partial charge in [-0.25, -0.2) is 0 Å². The van der Waals surface area contributed by atoms with Gasteiger partial charge in [-0.1, -0.05) is 12.1 Å². The molecule has 0 heterocycles. The molecule has 1 rings (SSSR count). The van der Waals surface area contributed by atoms with Gasteiger partial charge in [0, 0.05) is 18.8 Å². The number of aryl methyl sites for hydroxylation is 2. The highest BCUT2D eigenvalue weighted by Gasteiger charge is 2.15. The van der Waals surface area contributed by atoms with Crippen LogP contribution in [0.1, 0.15) is 31.4 Å². The number of anilines is 1. The monoisotopic (exact) mass is 262 g/mol. The number of carbonyl (C=O) groups excluding carboxylic acids is 2. The number of hydrogen-bond donors (Lipinski definition) is 1. The van der Waals surface area contributed by atoms with E-state index in [0.29, 0.717) is 13.1 Å². The highest BCUT2D eigenvalue weighted by atomic mass is 16.2. The summed E-state index contributed by atoms with van der Waals surface area (Å²) in [6, 6.07) is 5.86. The van der Waals surface area contributed by atoms with Gasteiger partial charge in [0.15, 0.2) is 0 Å². The molecule has 19 heavy (non-hydrogen) atoms. The summed E-state index contributed by atoms with van der Waals surface area (Å²) in [5.41, 5.74) is 2.85. The summed E-state index contributed by atoms with van der Waals surface area (Å²) in [5.74, 6) is -0.390. The average molecular weight is 262 g/mol. The lowest BCUT2D eigenvalue weighted by Crippen LogP contribution is -2.33. The Bertz CT molecular complexity index is 465. The Morgan fingerprint density at radius 3 is 2.37 bits per heavy atom. The topological polar surface area (TPSA) is 49.4 Å². The van der Waals surface area contributed by atoms with Crippen LogP contribution in [-0.4, -0.2) is 29.8 Å². The van der Waals surface area contributed by atoms with Crippen LogP contribution >= 0.6 is 0 Å². The van der Waals surface area contributed by atoms with Crippen molar-refractivity contribution in [2.45, 2.75) is 34.1 Å². The Labute approximate surface area is 114 Å². The van der Waals surface area contributed by atoms with Crippen molar-refractivity contribution in [3.05, 3.63) is 29.3 Å². The molecular weight excluding hydrogens is 240 g/mol. The summed E-state index contributed by atoms with van der Waals surface area (Å²) in [5, 5.41) is 2.80. The summed E-state index contributed by atoms with van der Waals surface area (Å²) in [4.78, 5) is 25.3. The fraction of sp³-hybridized carbons (Fsp3) is 0.467. The second kappa shape index (κ2) is 6.92. The first kappa shape index (κ1) is 15.2. The van der Waals surface area contributed by atoms with Gasteiger partial charge >= 0.3 is 0 Å². The molecule has 0 radical (unpaired) electrons. The van der Waals surface area contributed by atoms with Crippen molar-refractivity contribution in [2.24, 2.45) is 0 Å². The maximum absolute atomic E-state index is 11.9. The standard InChI is InChI=1S/C15H22N2O2/c1-5-17(6-2)15(19)10-14(18)16-13-9-11(3)7-8-12(13)4/h7-9H,5-6,10H2,1-4H3,(H,16,18). The van der Waals surface area contributed by atoms with Gasteiger partial charge in [-0.3, -0.25) is 9.59 Å². The number of nitrogens with one attached hydrogen (secondary N) is 1. The number of rotatable bonds is 5. The van der Waals surface area contributed by atoms with E-state index >= 15 is 0 Å².